The van der Waals surface area contributed by atoms with E-state index < -0.39 is 11.9 Å². The summed E-state index contributed by atoms with van der Waals surface area (Å²) in [6.07, 6.45) is 17.8. The summed E-state index contributed by atoms with van der Waals surface area (Å²) in [5, 5.41) is 15.6. The van der Waals surface area contributed by atoms with E-state index in [-0.39, 0.29) is 0 Å². The minimum Gasteiger partial charge on any atom is -0.478 e. The zero-order chi connectivity index (χ0) is 17.9. The van der Waals surface area contributed by atoms with Crippen molar-refractivity contribution < 1.29 is 19.8 Å². The Hall–Kier alpha value is -2.11. The highest BCUT2D eigenvalue weighted by atomic mass is 16.4. The van der Waals surface area contributed by atoms with Gasteiger partial charge in [-0.05, 0) is 68.1 Å². The Morgan fingerprint density at radius 2 is 1.56 bits per heavy atom. The molecule has 1 heterocycles. The highest BCUT2D eigenvalue weighted by Gasteiger charge is 2.50. The van der Waals surface area contributed by atoms with Gasteiger partial charge in [0.05, 0.1) is 6.33 Å². The van der Waals surface area contributed by atoms with Crippen molar-refractivity contribution in [3.05, 3.63) is 30.9 Å². The van der Waals surface area contributed by atoms with Gasteiger partial charge in [0.15, 0.2) is 0 Å². The molecule has 4 fully saturated rings. The highest BCUT2D eigenvalue weighted by Crippen LogP contribution is 2.61. The second-order valence-electron chi connectivity index (χ2n) is 7.98. The van der Waals surface area contributed by atoms with E-state index in [1.165, 1.54) is 32.2 Å². The van der Waals surface area contributed by atoms with E-state index in [2.05, 4.69) is 15.7 Å². The first-order valence-electron chi connectivity index (χ1n) is 9.04. The molecule has 4 bridgehead atoms. The first kappa shape index (κ1) is 17.7. The molecule has 1 aromatic rings. The molecule has 0 unspecified atom stereocenters. The molecule has 0 aromatic carbocycles. The fourth-order valence-corrected chi connectivity index (χ4v) is 5.52. The molecule has 4 saturated carbocycles. The van der Waals surface area contributed by atoms with Crippen LogP contribution in [0.1, 0.15) is 44.9 Å². The van der Waals surface area contributed by atoms with Crippen LogP contribution in [0, 0.1) is 23.2 Å². The SMILES string of the molecule is O=C(O)/C=C/C(=O)O.c1cn(CCC23CC4CC(CC(C4)C2)C3)cn1. The number of rotatable bonds is 5. The molecule has 0 atom stereocenters. The lowest BCUT2D eigenvalue weighted by atomic mass is 9.49. The number of hydrogen-bond acceptors (Lipinski definition) is 3. The molecular formula is C19H26N2O4. The molecule has 6 heteroatoms. The third-order valence-electron chi connectivity index (χ3n) is 5.99. The summed E-state index contributed by atoms with van der Waals surface area (Å²) in [6.45, 7) is 1.19. The fraction of sp³-hybridized carbons (Fsp3) is 0.632. The molecule has 5 rings (SSSR count). The maximum Gasteiger partial charge on any atom is 0.328 e. The number of aromatic nitrogens is 2. The van der Waals surface area contributed by atoms with Crippen LogP contribution in [-0.2, 0) is 16.1 Å². The summed E-state index contributed by atoms with van der Waals surface area (Å²) in [6, 6.07) is 0. The first-order chi connectivity index (χ1) is 11.9. The van der Waals surface area contributed by atoms with E-state index in [9.17, 15) is 9.59 Å². The van der Waals surface area contributed by atoms with Crippen LogP contribution in [0.5, 0.6) is 0 Å². The second kappa shape index (κ2) is 7.42. The van der Waals surface area contributed by atoms with Crippen LogP contribution in [0.3, 0.4) is 0 Å². The monoisotopic (exact) mass is 346 g/mol. The quantitative estimate of drug-likeness (QED) is 0.799. The predicted octanol–water partition coefficient (Wildman–Crippen LogP) is 3.20. The van der Waals surface area contributed by atoms with Gasteiger partial charge in [0.2, 0.25) is 0 Å². The topological polar surface area (TPSA) is 92.4 Å². The number of aliphatic carboxylic acids is 2. The molecule has 0 saturated heterocycles. The summed E-state index contributed by atoms with van der Waals surface area (Å²) in [5.74, 6) is 0.747. The third kappa shape index (κ3) is 4.71. The van der Waals surface area contributed by atoms with Gasteiger partial charge in [0, 0.05) is 31.1 Å². The Bertz CT molecular complexity index is 585. The van der Waals surface area contributed by atoms with E-state index in [0.717, 1.165) is 23.2 Å². The number of carboxylic acids is 2. The summed E-state index contributed by atoms with van der Waals surface area (Å²) >= 11 is 0. The zero-order valence-corrected chi connectivity index (χ0v) is 14.4. The van der Waals surface area contributed by atoms with Crippen molar-refractivity contribution in [2.45, 2.75) is 51.5 Å². The molecule has 1 aromatic heterocycles. The number of aryl methyl sites for hydroxylation is 1. The van der Waals surface area contributed by atoms with Crippen LogP contribution in [0.2, 0.25) is 0 Å². The van der Waals surface area contributed by atoms with Crippen molar-refractivity contribution in [1.29, 1.82) is 0 Å². The molecule has 2 N–H and O–H groups in total. The lowest BCUT2D eigenvalue weighted by Crippen LogP contribution is -2.46. The molecule has 6 nitrogen and oxygen atoms in total. The van der Waals surface area contributed by atoms with E-state index in [1.54, 1.807) is 19.3 Å². The van der Waals surface area contributed by atoms with E-state index in [1.807, 2.05) is 12.5 Å². The molecule has 25 heavy (non-hydrogen) atoms. The molecule has 4 aliphatic carbocycles. The number of imidazole rings is 1. The van der Waals surface area contributed by atoms with Crippen molar-refractivity contribution in [2.75, 3.05) is 0 Å². The Morgan fingerprint density at radius 3 is 1.96 bits per heavy atom. The second-order valence-corrected chi connectivity index (χ2v) is 7.98. The zero-order valence-electron chi connectivity index (χ0n) is 14.4. The largest absolute Gasteiger partial charge is 0.478 e. The minimum atomic E-state index is -1.26. The van der Waals surface area contributed by atoms with Crippen LogP contribution in [0.15, 0.2) is 30.9 Å². The van der Waals surface area contributed by atoms with Crippen molar-refractivity contribution >= 4 is 11.9 Å². The fourth-order valence-electron chi connectivity index (χ4n) is 5.52. The normalized spacial score (nSPS) is 32.4. The van der Waals surface area contributed by atoms with Gasteiger partial charge < -0.3 is 14.8 Å². The molecular weight excluding hydrogens is 320 g/mol. The van der Waals surface area contributed by atoms with Gasteiger partial charge in [0.25, 0.3) is 0 Å². The van der Waals surface area contributed by atoms with Gasteiger partial charge in [-0.1, -0.05) is 0 Å². The summed E-state index contributed by atoms with van der Waals surface area (Å²) in [4.78, 5) is 23.3. The predicted molar refractivity (Wildman–Crippen MR) is 91.9 cm³/mol. The minimum absolute atomic E-state index is 0.558. The third-order valence-corrected chi connectivity index (χ3v) is 5.99. The first-order valence-corrected chi connectivity index (χ1v) is 9.04. The molecule has 136 valence electrons. The van der Waals surface area contributed by atoms with Gasteiger partial charge in [-0.25, -0.2) is 14.6 Å². The summed E-state index contributed by atoms with van der Waals surface area (Å²) in [5.41, 5.74) is 0.721. The molecule has 0 radical (unpaired) electrons. The maximum absolute atomic E-state index is 9.55. The Morgan fingerprint density at radius 1 is 1.04 bits per heavy atom. The standard InChI is InChI=1S/C15H22N2.C4H4O4/c1(3-17-4-2-16-11-17)15-8-12-5-13(9-15)7-14(6-12)10-15;5-3(6)1-2-4(7)8/h2,4,11-14H,1,3,5-10H2;1-2H,(H,5,6)(H,7,8)/b;2-1+. The maximum atomic E-state index is 9.55. The molecule has 0 amide bonds. The van der Waals surface area contributed by atoms with Crippen LogP contribution >= 0.6 is 0 Å². The van der Waals surface area contributed by atoms with Gasteiger partial charge in [-0.3, -0.25) is 0 Å². The summed E-state index contributed by atoms with van der Waals surface area (Å²) < 4.78 is 2.26. The van der Waals surface area contributed by atoms with Gasteiger partial charge >= 0.3 is 11.9 Å². The van der Waals surface area contributed by atoms with Crippen LogP contribution in [0.25, 0.3) is 0 Å². The summed E-state index contributed by atoms with van der Waals surface area (Å²) in [7, 11) is 0. The Kier molecular flexibility index (Phi) is 5.25. The van der Waals surface area contributed by atoms with E-state index >= 15 is 0 Å². The van der Waals surface area contributed by atoms with Crippen molar-refractivity contribution in [3.8, 4) is 0 Å². The van der Waals surface area contributed by atoms with Crippen LogP contribution in [-0.4, -0.2) is 31.7 Å². The molecule has 0 aliphatic heterocycles. The number of hydrogen-bond donors (Lipinski definition) is 2. The average molecular weight is 346 g/mol. The lowest BCUT2D eigenvalue weighted by Gasteiger charge is -2.57. The van der Waals surface area contributed by atoms with Gasteiger partial charge in [-0.2, -0.15) is 0 Å². The average Bonchev–Trinajstić information content (AvgIpc) is 3.04. The van der Waals surface area contributed by atoms with Crippen molar-refractivity contribution in [1.82, 2.24) is 9.55 Å². The van der Waals surface area contributed by atoms with Gasteiger partial charge in [0.1, 0.15) is 0 Å². The number of carboxylic acid groups (broad SMARTS) is 2. The van der Waals surface area contributed by atoms with Crippen LogP contribution in [0.4, 0.5) is 0 Å². The van der Waals surface area contributed by atoms with E-state index in [0.29, 0.717) is 12.2 Å². The van der Waals surface area contributed by atoms with Gasteiger partial charge in [-0.15, -0.1) is 0 Å². The number of carbonyl (C=O) groups is 2. The van der Waals surface area contributed by atoms with Crippen molar-refractivity contribution in [3.63, 3.8) is 0 Å². The Labute approximate surface area is 147 Å². The lowest BCUT2D eigenvalue weighted by molar-refractivity contribution is -0.134. The highest BCUT2D eigenvalue weighted by molar-refractivity contribution is 5.89. The van der Waals surface area contributed by atoms with Crippen molar-refractivity contribution in [2.24, 2.45) is 23.2 Å². The van der Waals surface area contributed by atoms with E-state index in [4.69, 9.17) is 10.2 Å². The molecule has 0 spiro atoms. The van der Waals surface area contributed by atoms with Crippen LogP contribution < -0.4 is 0 Å². The number of nitrogens with zero attached hydrogens (tertiary/aromatic N) is 2. The smallest absolute Gasteiger partial charge is 0.328 e. The Balaban J connectivity index is 0.000000197. The molecule has 4 aliphatic rings.